The van der Waals surface area contributed by atoms with Gasteiger partial charge in [-0.3, -0.25) is 4.79 Å². The maximum atomic E-state index is 11.4. The first-order valence-corrected chi connectivity index (χ1v) is 6.74. The van der Waals surface area contributed by atoms with E-state index in [1.54, 1.807) is 11.8 Å². The first-order valence-electron chi connectivity index (χ1n) is 5.59. The molecule has 1 rings (SSSR count). The van der Waals surface area contributed by atoms with Crippen molar-refractivity contribution in [3.63, 3.8) is 0 Å². The molecule has 1 amide bonds. The molecule has 1 aromatic rings. The number of benzene rings is 1. The predicted molar refractivity (Wildman–Crippen MR) is 72.6 cm³/mol. The predicted octanol–water partition coefficient (Wildman–Crippen LogP) is 0.322. The van der Waals surface area contributed by atoms with E-state index in [4.69, 9.17) is 11.5 Å². The molecule has 5 heteroatoms. The van der Waals surface area contributed by atoms with Gasteiger partial charge >= 0.3 is 0 Å². The zero-order valence-electron chi connectivity index (χ0n) is 9.76. The minimum atomic E-state index is -0.463. The third kappa shape index (κ3) is 5.72. The van der Waals surface area contributed by atoms with Gasteiger partial charge < -0.3 is 16.8 Å². The highest BCUT2D eigenvalue weighted by molar-refractivity contribution is 7.98. The Kier molecular flexibility index (Phi) is 6.69. The maximum Gasteiger partial charge on any atom is 0.237 e. The first-order chi connectivity index (χ1) is 8.24. The van der Waals surface area contributed by atoms with Crippen molar-refractivity contribution in [2.45, 2.75) is 11.8 Å². The molecule has 0 aliphatic rings. The number of thioether (sulfide) groups is 1. The zero-order chi connectivity index (χ0) is 12.5. The van der Waals surface area contributed by atoms with E-state index in [-0.39, 0.29) is 5.91 Å². The largest absolute Gasteiger partial charge is 0.353 e. The molecule has 0 spiro atoms. The number of carbonyl (C=O) groups excluding carboxylic acids is 1. The minimum Gasteiger partial charge on any atom is -0.353 e. The molecule has 4 nitrogen and oxygen atoms in total. The van der Waals surface area contributed by atoms with Crippen molar-refractivity contribution in [1.82, 2.24) is 5.32 Å². The van der Waals surface area contributed by atoms with Crippen LogP contribution in [0.5, 0.6) is 0 Å². The van der Waals surface area contributed by atoms with Crippen LogP contribution in [-0.4, -0.2) is 30.8 Å². The molecular formula is C12H19N3OS. The number of amides is 1. The third-order valence-corrected chi connectivity index (χ3v) is 3.32. The third-order valence-electron chi connectivity index (χ3n) is 2.19. The van der Waals surface area contributed by atoms with E-state index in [0.29, 0.717) is 18.8 Å². The Labute approximate surface area is 106 Å². The Bertz CT molecular complexity index is 332. The van der Waals surface area contributed by atoms with E-state index in [9.17, 15) is 4.79 Å². The number of nitrogens with one attached hydrogen (secondary N) is 1. The molecule has 1 atom stereocenters. The normalized spacial score (nSPS) is 12.1. The lowest BCUT2D eigenvalue weighted by atomic mass is 10.2. The van der Waals surface area contributed by atoms with Gasteiger partial charge in [-0.05, 0) is 5.56 Å². The Morgan fingerprint density at radius 3 is 2.71 bits per heavy atom. The van der Waals surface area contributed by atoms with Crippen LogP contribution in [0.4, 0.5) is 0 Å². The summed E-state index contributed by atoms with van der Waals surface area (Å²) in [7, 11) is 0. The number of nitrogens with two attached hydrogens (primary N) is 2. The van der Waals surface area contributed by atoms with Crippen LogP contribution >= 0.6 is 11.8 Å². The van der Waals surface area contributed by atoms with Crippen molar-refractivity contribution >= 4 is 17.7 Å². The summed E-state index contributed by atoms with van der Waals surface area (Å²) in [5.41, 5.74) is 12.3. The molecule has 0 heterocycles. The molecule has 94 valence electrons. The summed E-state index contributed by atoms with van der Waals surface area (Å²) in [5.74, 6) is 1.36. The fraction of sp³-hybridized carbons (Fsp3) is 0.417. The van der Waals surface area contributed by atoms with Crippen LogP contribution in [0, 0.1) is 0 Å². The summed E-state index contributed by atoms with van der Waals surface area (Å²) in [6, 6.07) is 9.66. The van der Waals surface area contributed by atoms with Crippen LogP contribution < -0.4 is 16.8 Å². The number of hydrogen-bond acceptors (Lipinski definition) is 4. The molecule has 5 N–H and O–H groups in total. The molecule has 1 unspecified atom stereocenters. The van der Waals surface area contributed by atoms with E-state index in [1.165, 1.54) is 5.56 Å². The first kappa shape index (κ1) is 14.0. The van der Waals surface area contributed by atoms with Crippen molar-refractivity contribution in [2.75, 3.05) is 18.8 Å². The second kappa shape index (κ2) is 8.11. The molecule has 17 heavy (non-hydrogen) atoms. The lowest BCUT2D eigenvalue weighted by molar-refractivity contribution is -0.121. The van der Waals surface area contributed by atoms with Crippen LogP contribution in [0.1, 0.15) is 5.56 Å². The minimum absolute atomic E-state index is 0.129. The van der Waals surface area contributed by atoms with Gasteiger partial charge in [-0.2, -0.15) is 11.8 Å². The van der Waals surface area contributed by atoms with E-state index in [0.717, 1.165) is 5.75 Å². The van der Waals surface area contributed by atoms with E-state index >= 15 is 0 Å². The summed E-state index contributed by atoms with van der Waals surface area (Å²) in [5, 5.41) is 2.68. The van der Waals surface area contributed by atoms with Gasteiger partial charge in [0, 0.05) is 24.6 Å². The molecule has 1 aromatic carbocycles. The summed E-state index contributed by atoms with van der Waals surface area (Å²) >= 11 is 1.66. The highest BCUT2D eigenvalue weighted by Gasteiger charge is 2.12. The quantitative estimate of drug-likeness (QED) is 0.654. The van der Waals surface area contributed by atoms with Gasteiger partial charge in [0.2, 0.25) is 5.91 Å². The molecule has 0 bridgehead atoms. The second-order valence-electron chi connectivity index (χ2n) is 3.69. The van der Waals surface area contributed by atoms with Crippen molar-refractivity contribution in [2.24, 2.45) is 11.5 Å². The monoisotopic (exact) mass is 253 g/mol. The fourth-order valence-electron chi connectivity index (χ4n) is 1.28. The average molecular weight is 253 g/mol. The van der Waals surface area contributed by atoms with Crippen molar-refractivity contribution in [1.29, 1.82) is 0 Å². The topological polar surface area (TPSA) is 81.1 Å². The molecule has 0 fully saturated rings. The lowest BCUT2D eigenvalue weighted by Gasteiger charge is -2.11. The maximum absolute atomic E-state index is 11.4. The highest BCUT2D eigenvalue weighted by Crippen LogP contribution is 2.12. The molecule has 0 radical (unpaired) electrons. The molecule has 0 aliphatic carbocycles. The number of hydrogen-bond donors (Lipinski definition) is 3. The summed E-state index contributed by atoms with van der Waals surface area (Å²) in [6.45, 7) is 0.922. The molecule has 0 aliphatic heterocycles. The smallest absolute Gasteiger partial charge is 0.237 e. The summed E-state index contributed by atoms with van der Waals surface area (Å²) in [4.78, 5) is 11.4. The van der Waals surface area contributed by atoms with Gasteiger partial charge in [0.15, 0.2) is 0 Å². The Morgan fingerprint density at radius 1 is 1.35 bits per heavy atom. The van der Waals surface area contributed by atoms with Crippen molar-refractivity contribution in [3.8, 4) is 0 Å². The van der Waals surface area contributed by atoms with Gasteiger partial charge in [-0.25, -0.2) is 0 Å². The molecular weight excluding hydrogens is 234 g/mol. The Balaban J connectivity index is 2.20. The van der Waals surface area contributed by atoms with Crippen molar-refractivity contribution in [3.05, 3.63) is 35.9 Å². The lowest BCUT2D eigenvalue weighted by Crippen LogP contribution is -2.43. The van der Waals surface area contributed by atoms with Crippen LogP contribution in [0.15, 0.2) is 30.3 Å². The standard InChI is InChI=1S/C12H19N3OS/c13-6-7-15-12(16)11(14)9-17-8-10-4-2-1-3-5-10/h1-5,11H,6-9,13-14H2,(H,15,16). The van der Waals surface area contributed by atoms with Crippen LogP contribution in [0.2, 0.25) is 0 Å². The highest BCUT2D eigenvalue weighted by atomic mass is 32.2. The van der Waals surface area contributed by atoms with E-state index in [2.05, 4.69) is 17.4 Å². The van der Waals surface area contributed by atoms with Gasteiger partial charge in [0.1, 0.15) is 0 Å². The van der Waals surface area contributed by atoms with Gasteiger partial charge in [-0.15, -0.1) is 0 Å². The Hall–Kier alpha value is -1.04. The second-order valence-corrected chi connectivity index (χ2v) is 4.72. The molecule has 0 saturated carbocycles. The fourth-order valence-corrected chi connectivity index (χ4v) is 2.23. The molecule has 0 aromatic heterocycles. The number of rotatable bonds is 7. The summed E-state index contributed by atoms with van der Waals surface area (Å²) in [6.07, 6.45) is 0. The molecule has 0 saturated heterocycles. The van der Waals surface area contributed by atoms with Crippen LogP contribution in [0.3, 0.4) is 0 Å². The average Bonchev–Trinajstić information content (AvgIpc) is 2.37. The van der Waals surface area contributed by atoms with E-state index < -0.39 is 6.04 Å². The van der Waals surface area contributed by atoms with Crippen LogP contribution in [0.25, 0.3) is 0 Å². The summed E-state index contributed by atoms with van der Waals surface area (Å²) < 4.78 is 0. The SMILES string of the molecule is NCCNC(=O)C(N)CSCc1ccccc1. The van der Waals surface area contributed by atoms with Crippen LogP contribution in [-0.2, 0) is 10.5 Å². The zero-order valence-corrected chi connectivity index (χ0v) is 10.6. The number of carbonyl (C=O) groups is 1. The van der Waals surface area contributed by atoms with Gasteiger partial charge in [0.25, 0.3) is 0 Å². The van der Waals surface area contributed by atoms with Gasteiger partial charge in [0.05, 0.1) is 6.04 Å². The van der Waals surface area contributed by atoms with Gasteiger partial charge in [-0.1, -0.05) is 30.3 Å². The Morgan fingerprint density at radius 2 is 2.06 bits per heavy atom. The van der Waals surface area contributed by atoms with E-state index in [1.807, 2.05) is 18.2 Å². The van der Waals surface area contributed by atoms with Crippen molar-refractivity contribution < 1.29 is 4.79 Å².